The van der Waals surface area contributed by atoms with E-state index in [1.807, 2.05) is 24.7 Å². The highest BCUT2D eigenvalue weighted by Gasteiger charge is 2.31. The number of benzene rings is 7. The molecule has 0 spiro atoms. The van der Waals surface area contributed by atoms with Crippen LogP contribution in [0.2, 0.25) is 0 Å². The second kappa shape index (κ2) is 10.8. The van der Waals surface area contributed by atoms with Crippen molar-refractivity contribution in [2.45, 2.75) is 0 Å². The van der Waals surface area contributed by atoms with Crippen molar-refractivity contribution in [1.82, 2.24) is 14.5 Å². The van der Waals surface area contributed by atoms with Gasteiger partial charge in [-0.2, -0.15) is 0 Å². The molecule has 0 unspecified atom stereocenters. The van der Waals surface area contributed by atoms with E-state index in [1.165, 1.54) is 77.2 Å². The maximum Gasteiger partial charge on any atom is 0.0964 e. The maximum absolute atomic E-state index is 4.75. The number of rotatable bonds is 4. The molecular weight excluding hydrogens is 619 g/mol. The van der Waals surface area contributed by atoms with Gasteiger partial charge in [-0.3, -0.25) is 9.97 Å². The molecule has 0 fully saturated rings. The molecule has 0 saturated carbocycles. The molecule has 11 rings (SSSR count). The number of hydrogen-bond donors (Lipinski definition) is 0. The van der Waals surface area contributed by atoms with Crippen molar-refractivity contribution in [2.24, 2.45) is 0 Å². The van der Waals surface area contributed by atoms with Crippen molar-refractivity contribution in [3.05, 3.63) is 176 Å². The van der Waals surface area contributed by atoms with Gasteiger partial charge < -0.3 is 4.57 Å². The lowest BCUT2D eigenvalue weighted by Gasteiger charge is -2.20. The quantitative estimate of drug-likeness (QED) is 0.190. The Hall–Kier alpha value is -6.84. The lowest BCUT2D eigenvalue weighted by Crippen LogP contribution is -1.95. The maximum atomic E-state index is 4.75. The number of pyridine rings is 2. The summed E-state index contributed by atoms with van der Waals surface area (Å²) in [6.45, 7) is 0. The third-order valence-corrected chi connectivity index (χ3v) is 10.7. The van der Waals surface area contributed by atoms with Gasteiger partial charge >= 0.3 is 0 Å². The Morgan fingerprint density at radius 1 is 0.392 bits per heavy atom. The summed E-state index contributed by atoms with van der Waals surface area (Å²) in [6.07, 6.45) is 5.65. The molecule has 3 nitrogen and oxygen atoms in total. The topological polar surface area (TPSA) is 30.7 Å². The molecule has 0 N–H and O–H groups in total. The first kappa shape index (κ1) is 28.0. The summed E-state index contributed by atoms with van der Waals surface area (Å²) < 4.78 is 2.29. The Bertz CT molecular complexity index is 2870. The van der Waals surface area contributed by atoms with Gasteiger partial charge in [0.05, 0.1) is 22.7 Å². The van der Waals surface area contributed by atoms with Crippen LogP contribution in [-0.2, 0) is 0 Å². The monoisotopic (exact) mass is 647 g/mol. The van der Waals surface area contributed by atoms with E-state index in [2.05, 4.69) is 161 Å². The average molecular weight is 648 g/mol. The van der Waals surface area contributed by atoms with Gasteiger partial charge in [0.25, 0.3) is 0 Å². The molecule has 51 heavy (non-hydrogen) atoms. The second-order valence-electron chi connectivity index (χ2n) is 13.3. The first-order chi connectivity index (χ1) is 25.3. The van der Waals surface area contributed by atoms with E-state index in [4.69, 9.17) is 4.98 Å². The highest BCUT2D eigenvalue weighted by molar-refractivity contribution is 6.28. The molecule has 0 radical (unpaired) electrons. The van der Waals surface area contributed by atoms with Crippen molar-refractivity contribution in [2.75, 3.05) is 0 Å². The van der Waals surface area contributed by atoms with Crippen LogP contribution in [0.5, 0.6) is 0 Å². The summed E-state index contributed by atoms with van der Waals surface area (Å²) in [6, 6.07) is 57.4. The standard InChI is InChI=1S/C48H29N3/c1-3-12-30(13-4-1)43-36-18-7-8-19-37(36)44(31-14-5-2-6-15-31)47-40-24-23-34(35-20-10-21-39(45(35)40)46(43)47)32-16-9-17-33(28-32)51-41-22-11-26-50-48(41)38-25-27-49-29-42(38)51/h1-29H. The number of nitrogens with zero attached hydrogens (tertiary/aromatic N) is 3. The predicted octanol–water partition coefficient (Wildman–Crippen LogP) is 12.5. The highest BCUT2D eigenvalue weighted by atomic mass is 15.0. The van der Waals surface area contributed by atoms with E-state index in [9.17, 15) is 0 Å². The van der Waals surface area contributed by atoms with Gasteiger partial charge in [-0.1, -0.05) is 127 Å². The number of fused-ring (bicyclic) bond motifs is 7. The van der Waals surface area contributed by atoms with Crippen LogP contribution in [-0.4, -0.2) is 14.5 Å². The molecule has 0 bridgehead atoms. The van der Waals surface area contributed by atoms with Crippen molar-refractivity contribution in [3.63, 3.8) is 0 Å². The lowest BCUT2D eigenvalue weighted by atomic mass is 9.82. The summed E-state index contributed by atoms with van der Waals surface area (Å²) in [7, 11) is 0. The predicted molar refractivity (Wildman–Crippen MR) is 212 cm³/mol. The third kappa shape index (κ3) is 4.00. The van der Waals surface area contributed by atoms with Crippen molar-refractivity contribution >= 4 is 43.5 Å². The molecule has 0 amide bonds. The van der Waals surface area contributed by atoms with E-state index in [0.717, 1.165) is 27.6 Å². The van der Waals surface area contributed by atoms with E-state index < -0.39 is 0 Å². The minimum absolute atomic E-state index is 0.985. The Labute approximate surface area is 294 Å². The van der Waals surface area contributed by atoms with E-state index >= 15 is 0 Å². The van der Waals surface area contributed by atoms with Gasteiger partial charge in [0.2, 0.25) is 0 Å². The SMILES string of the molecule is c1ccc(-c2c3c(c(-c4ccccc4)c4ccccc24)-c2ccc(-c4cccc(-n5c6cnccc6c6ncccc65)c4)c4cccc-3c24)cc1. The van der Waals surface area contributed by atoms with Gasteiger partial charge in [0.1, 0.15) is 0 Å². The van der Waals surface area contributed by atoms with Crippen LogP contribution < -0.4 is 0 Å². The summed E-state index contributed by atoms with van der Waals surface area (Å²) in [5, 5.41) is 6.21. The third-order valence-electron chi connectivity index (χ3n) is 10.7. The normalized spacial score (nSPS) is 11.9. The minimum atomic E-state index is 0.985. The van der Waals surface area contributed by atoms with Gasteiger partial charge in [-0.15, -0.1) is 0 Å². The second-order valence-corrected chi connectivity index (χ2v) is 13.3. The van der Waals surface area contributed by atoms with Crippen molar-refractivity contribution < 1.29 is 0 Å². The molecule has 3 aromatic heterocycles. The molecule has 0 atom stereocenters. The largest absolute Gasteiger partial charge is 0.306 e. The fraction of sp³-hybridized carbons (Fsp3) is 0. The van der Waals surface area contributed by atoms with Crippen LogP contribution >= 0.6 is 0 Å². The first-order valence-electron chi connectivity index (χ1n) is 17.4. The van der Waals surface area contributed by atoms with Crippen LogP contribution in [0.15, 0.2) is 176 Å². The molecule has 10 aromatic rings. The van der Waals surface area contributed by atoms with Crippen LogP contribution in [0.3, 0.4) is 0 Å². The van der Waals surface area contributed by atoms with E-state index in [0.29, 0.717) is 0 Å². The van der Waals surface area contributed by atoms with Crippen LogP contribution in [0.4, 0.5) is 0 Å². The molecule has 1 aliphatic rings. The van der Waals surface area contributed by atoms with Crippen molar-refractivity contribution in [1.29, 1.82) is 0 Å². The van der Waals surface area contributed by atoms with Gasteiger partial charge in [0, 0.05) is 23.5 Å². The average Bonchev–Trinajstić information content (AvgIpc) is 3.72. The van der Waals surface area contributed by atoms with Gasteiger partial charge in [-0.05, 0) is 108 Å². The van der Waals surface area contributed by atoms with Crippen LogP contribution in [0, 0.1) is 0 Å². The molecule has 0 saturated heterocycles. The lowest BCUT2D eigenvalue weighted by molar-refractivity contribution is 1.16. The molecular formula is C48H29N3. The summed E-state index contributed by atoms with van der Waals surface area (Å²) in [5.41, 5.74) is 16.8. The Kier molecular flexibility index (Phi) is 5.96. The van der Waals surface area contributed by atoms with Gasteiger partial charge in [0.15, 0.2) is 0 Å². The minimum Gasteiger partial charge on any atom is -0.306 e. The van der Waals surface area contributed by atoms with Crippen LogP contribution in [0.1, 0.15) is 0 Å². The Balaban J connectivity index is 1.20. The van der Waals surface area contributed by atoms with E-state index in [-0.39, 0.29) is 0 Å². The highest BCUT2D eigenvalue weighted by Crippen LogP contribution is 2.58. The Morgan fingerprint density at radius 2 is 1.02 bits per heavy atom. The van der Waals surface area contributed by atoms with Gasteiger partial charge in [-0.25, -0.2) is 0 Å². The zero-order valence-corrected chi connectivity index (χ0v) is 27.6. The molecule has 7 aromatic carbocycles. The summed E-state index contributed by atoms with van der Waals surface area (Å²) >= 11 is 0. The fourth-order valence-electron chi connectivity index (χ4n) is 8.63. The molecule has 3 heteroatoms. The molecule has 1 aliphatic carbocycles. The Morgan fingerprint density at radius 3 is 1.76 bits per heavy atom. The smallest absolute Gasteiger partial charge is 0.0964 e. The summed E-state index contributed by atoms with van der Waals surface area (Å²) in [5.74, 6) is 0. The van der Waals surface area contributed by atoms with Crippen molar-refractivity contribution in [3.8, 4) is 61.3 Å². The molecule has 236 valence electrons. The summed E-state index contributed by atoms with van der Waals surface area (Å²) in [4.78, 5) is 9.24. The van der Waals surface area contributed by atoms with E-state index in [1.54, 1.807) is 0 Å². The molecule has 3 heterocycles. The number of aromatic nitrogens is 3. The first-order valence-corrected chi connectivity index (χ1v) is 17.4. The molecule has 0 aliphatic heterocycles. The fourth-order valence-corrected chi connectivity index (χ4v) is 8.63. The zero-order chi connectivity index (χ0) is 33.5. The van der Waals surface area contributed by atoms with Crippen LogP contribution in [0.25, 0.3) is 105 Å². The zero-order valence-electron chi connectivity index (χ0n) is 27.6. The number of hydrogen-bond acceptors (Lipinski definition) is 2.